The topological polar surface area (TPSA) is 93.2 Å². The van der Waals surface area contributed by atoms with Crippen LogP contribution in [0.1, 0.15) is 19.3 Å². The highest BCUT2D eigenvalue weighted by molar-refractivity contribution is 7.99. The van der Waals surface area contributed by atoms with Gasteiger partial charge in [-0.15, -0.1) is 0 Å². The Kier molecular flexibility index (Phi) is 5.38. The number of rotatable bonds is 7. The minimum Gasteiger partial charge on any atom is -0.390 e. The van der Waals surface area contributed by atoms with Crippen molar-refractivity contribution in [3.05, 3.63) is 22.5 Å². The lowest BCUT2D eigenvalue weighted by atomic mass is 10.2. The van der Waals surface area contributed by atoms with Crippen LogP contribution in [0.3, 0.4) is 0 Å². The molecule has 1 aromatic heterocycles. The number of nitrogens with one attached hydrogen (secondary N) is 1. The highest BCUT2D eigenvalue weighted by Gasteiger charge is 2.24. The molecule has 3 atom stereocenters. The summed E-state index contributed by atoms with van der Waals surface area (Å²) in [7, 11) is 0. The first kappa shape index (κ1) is 15.3. The first-order valence-corrected chi connectivity index (χ1v) is 7.98. The normalized spacial score (nSPS) is 23.9. The number of nitro groups is 1. The van der Waals surface area contributed by atoms with E-state index in [2.05, 4.69) is 16.7 Å². The zero-order valence-corrected chi connectivity index (χ0v) is 12.3. The average Bonchev–Trinajstić information content (AvgIpc) is 3.04. The Morgan fingerprint density at radius 2 is 2.50 bits per heavy atom. The van der Waals surface area contributed by atoms with Crippen LogP contribution in [-0.2, 0) is 6.54 Å². The summed E-state index contributed by atoms with van der Waals surface area (Å²) < 4.78 is 1.41. The fraction of sp³-hybridized carbons (Fsp3) is 0.750. The summed E-state index contributed by atoms with van der Waals surface area (Å²) in [5, 5.41) is 28.4. The predicted molar refractivity (Wildman–Crippen MR) is 77.8 cm³/mol. The second kappa shape index (κ2) is 7.05. The zero-order chi connectivity index (χ0) is 14.5. The van der Waals surface area contributed by atoms with Crippen molar-refractivity contribution in [2.75, 3.05) is 12.8 Å². The number of hydrogen-bond acceptors (Lipinski definition) is 6. The van der Waals surface area contributed by atoms with Crippen molar-refractivity contribution in [1.82, 2.24) is 15.1 Å². The summed E-state index contributed by atoms with van der Waals surface area (Å²) in [5.41, 5.74) is -0.0521. The van der Waals surface area contributed by atoms with Gasteiger partial charge in [-0.3, -0.25) is 14.8 Å². The first-order valence-electron chi connectivity index (χ1n) is 6.69. The van der Waals surface area contributed by atoms with E-state index in [0.717, 1.165) is 18.1 Å². The Balaban J connectivity index is 1.72. The van der Waals surface area contributed by atoms with Crippen LogP contribution in [-0.4, -0.2) is 50.0 Å². The quantitative estimate of drug-likeness (QED) is 0.577. The van der Waals surface area contributed by atoms with Gasteiger partial charge in [0.15, 0.2) is 0 Å². The molecule has 0 bridgehead atoms. The lowest BCUT2D eigenvalue weighted by Gasteiger charge is -2.16. The number of aromatic nitrogens is 2. The number of nitrogens with zero attached hydrogens (tertiary/aromatic N) is 3. The lowest BCUT2D eigenvalue weighted by molar-refractivity contribution is -0.385. The van der Waals surface area contributed by atoms with Gasteiger partial charge in [0.1, 0.15) is 12.4 Å². The second-order valence-corrected chi connectivity index (χ2v) is 6.25. The Hall–Kier alpha value is -1.12. The summed E-state index contributed by atoms with van der Waals surface area (Å²) in [5.74, 6) is 0. The molecule has 112 valence electrons. The number of hydrogen-bond donors (Lipinski definition) is 2. The van der Waals surface area contributed by atoms with Gasteiger partial charge in [0, 0.05) is 17.8 Å². The summed E-state index contributed by atoms with van der Waals surface area (Å²) in [6, 6.07) is 0.467. The molecule has 1 saturated carbocycles. The predicted octanol–water partition coefficient (Wildman–Crippen LogP) is 1.03. The summed E-state index contributed by atoms with van der Waals surface area (Å²) >= 11 is 1.90. The number of aliphatic hydroxyl groups excluding tert-OH is 1. The van der Waals surface area contributed by atoms with Crippen molar-refractivity contribution in [3.8, 4) is 0 Å². The zero-order valence-electron chi connectivity index (χ0n) is 11.4. The highest BCUT2D eigenvalue weighted by Crippen LogP contribution is 2.28. The molecule has 0 aliphatic heterocycles. The van der Waals surface area contributed by atoms with Crippen molar-refractivity contribution in [2.24, 2.45) is 0 Å². The van der Waals surface area contributed by atoms with Crippen LogP contribution in [0, 0.1) is 10.1 Å². The minimum absolute atomic E-state index is 0.0521. The van der Waals surface area contributed by atoms with Gasteiger partial charge in [-0.25, -0.2) is 0 Å². The van der Waals surface area contributed by atoms with E-state index in [-0.39, 0.29) is 12.2 Å². The van der Waals surface area contributed by atoms with E-state index in [1.54, 1.807) is 0 Å². The van der Waals surface area contributed by atoms with Crippen molar-refractivity contribution in [2.45, 2.75) is 43.2 Å². The first-order chi connectivity index (χ1) is 9.58. The fourth-order valence-electron chi connectivity index (χ4n) is 2.47. The monoisotopic (exact) mass is 300 g/mol. The Morgan fingerprint density at radius 1 is 1.70 bits per heavy atom. The Morgan fingerprint density at radius 3 is 3.10 bits per heavy atom. The molecule has 1 aliphatic carbocycles. The van der Waals surface area contributed by atoms with E-state index in [0.29, 0.717) is 12.6 Å². The third kappa shape index (κ3) is 4.19. The van der Waals surface area contributed by atoms with Crippen molar-refractivity contribution in [1.29, 1.82) is 0 Å². The van der Waals surface area contributed by atoms with Crippen LogP contribution in [0.25, 0.3) is 0 Å². The van der Waals surface area contributed by atoms with Crippen molar-refractivity contribution in [3.63, 3.8) is 0 Å². The number of aliphatic hydroxyl groups is 1. The maximum absolute atomic E-state index is 10.5. The van der Waals surface area contributed by atoms with Gasteiger partial charge in [-0.1, -0.05) is 0 Å². The maximum atomic E-state index is 10.5. The van der Waals surface area contributed by atoms with E-state index < -0.39 is 11.0 Å². The fourth-order valence-corrected chi connectivity index (χ4v) is 3.27. The van der Waals surface area contributed by atoms with Crippen LogP contribution < -0.4 is 5.32 Å². The standard InChI is InChI=1S/C12H20N4O3S/c1-20-12-3-2-9(4-12)13-6-11(17)8-15-7-10(5-14-15)16(18)19/h5,7,9,11-13,17H,2-4,6,8H2,1H3. The molecule has 1 heterocycles. The lowest BCUT2D eigenvalue weighted by Crippen LogP contribution is -2.36. The smallest absolute Gasteiger partial charge is 0.306 e. The van der Waals surface area contributed by atoms with E-state index in [1.807, 2.05) is 11.8 Å². The van der Waals surface area contributed by atoms with Gasteiger partial charge >= 0.3 is 5.69 Å². The van der Waals surface area contributed by atoms with E-state index in [9.17, 15) is 15.2 Å². The molecule has 0 spiro atoms. The van der Waals surface area contributed by atoms with Gasteiger partial charge in [-0.05, 0) is 25.5 Å². The molecule has 0 radical (unpaired) electrons. The largest absolute Gasteiger partial charge is 0.390 e. The van der Waals surface area contributed by atoms with E-state index in [1.165, 1.54) is 23.5 Å². The molecular formula is C12H20N4O3S. The molecule has 8 heteroatoms. The molecule has 0 saturated heterocycles. The summed E-state index contributed by atoms with van der Waals surface area (Å²) in [6.07, 6.45) is 7.57. The molecular weight excluding hydrogens is 280 g/mol. The molecule has 1 aliphatic rings. The van der Waals surface area contributed by atoms with Gasteiger partial charge in [0.2, 0.25) is 0 Å². The molecule has 0 amide bonds. The summed E-state index contributed by atoms with van der Waals surface area (Å²) in [6.45, 7) is 0.749. The molecule has 2 rings (SSSR count). The SMILES string of the molecule is CSC1CCC(NCC(O)Cn2cc([N+](=O)[O-])cn2)C1. The van der Waals surface area contributed by atoms with Gasteiger partial charge in [-0.2, -0.15) is 16.9 Å². The van der Waals surface area contributed by atoms with E-state index >= 15 is 0 Å². The third-order valence-corrected chi connectivity index (χ3v) is 4.68. The van der Waals surface area contributed by atoms with Crippen LogP contribution in [0.15, 0.2) is 12.4 Å². The average molecular weight is 300 g/mol. The van der Waals surface area contributed by atoms with Crippen molar-refractivity contribution >= 4 is 17.4 Å². The molecule has 0 aromatic carbocycles. The molecule has 2 N–H and O–H groups in total. The van der Waals surface area contributed by atoms with Crippen LogP contribution >= 0.6 is 11.8 Å². The summed E-state index contributed by atoms with van der Waals surface area (Å²) in [4.78, 5) is 10.0. The molecule has 7 nitrogen and oxygen atoms in total. The number of thioether (sulfide) groups is 1. The van der Waals surface area contributed by atoms with Crippen LogP contribution in [0.5, 0.6) is 0 Å². The molecule has 3 unspecified atom stereocenters. The Bertz CT molecular complexity index is 454. The van der Waals surface area contributed by atoms with Crippen LogP contribution in [0.4, 0.5) is 5.69 Å². The van der Waals surface area contributed by atoms with Crippen molar-refractivity contribution < 1.29 is 10.0 Å². The third-order valence-electron chi connectivity index (χ3n) is 3.59. The van der Waals surface area contributed by atoms with Crippen LogP contribution in [0.2, 0.25) is 0 Å². The minimum atomic E-state index is -0.595. The second-order valence-electron chi connectivity index (χ2n) is 5.11. The Labute approximate surface area is 121 Å². The van der Waals surface area contributed by atoms with Gasteiger partial charge in [0.05, 0.1) is 17.6 Å². The van der Waals surface area contributed by atoms with E-state index in [4.69, 9.17) is 0 Å². The molecule has 20 heavy (non-hydrogen) atoms. The highest BCUT2D eigenvalue weighted by atomic mass is 32.2. The molecule has 1 aromatic rings. The van der Waals surface area contributed by atoms with Gasteiger partial charge < -0.3 is 10.4 Å². The van der Waals surface area contributed by atoms with Gasteiger partial charge in [0.25, 0.3) is 0 Å². The maximum Gasteiger partial charge on any atom is 0.306 e. The molecule has 1 fully saturated rings.